The van der Waals surface area contributed by atoms with E-state index in [-0.39, 0.29) is 31.4 Å². The summed E-state index contributed by atoms with van der Waals surface area (Å²) < 4.78 is 3.66. The summed E-state index contributed by atoms with van der Waals surface area (Å²) in [5.74, 6) is -0.427. The standard InChI is InChI=1S/C7H8N4O2S/c12-6-1-8-2-7(13)11(6)3-5-4-14-10-9-5/h4,8H,1-3H2. The molecule has 0 bridgehead atoms. The molecule has 0 aliphatic carbocycles. The predicted molar refractivity (Wildman–Crippen MR) is 48.3 cm³/mol. The van der Waals surface area contributed by atoms with Crippen molar-refractivity contribution in [1.29, 1.82) is 0 Å². The van der Waals surface area contributed by atoms with Crippen molar-refractivity contribution in [3.8, 4) is 0 Å². The lowest BCUT2D eigenvalue weighted by molar-refractivity contribution is -0.147. The first-order valence-electron chi connectivity index (χ1n) is 4.07. The van der Waals surface area contributed by atoms with Crippen molar-refractivity contribution in [1.82, 2.24) is 19.8 Å². The third-order valence-electron chi connectivity index (χ3n) is 1.88. The van der Waals surface area contributed by atoms with Gasteiger partial charge in [-0.15, -0.1) is 5.10 Å². The zero-order valence-corrected chi connectivity index (χ0v) is 8.08. The Labute approximate surface area is 84.1 Å². The van der Waals surface area contributed by atoms with Crippen molar-refractivity contribution in [2.75, 3.05) is 13.1 Å². The second-order valence-electron chi connectivity index (χ2n) is 2.87. The van der Waals surface area contributed by atoms with Gasteiger partial charge in [-0.25, -0.2) is 0 Å². The number of hydrogen-bond acceptors (Lipinski definition) is 6. The zero-order chi connectivity index (χ0) is 9.97. The van der Waals surface area contributed by atoms with Crippen LogP contribution in [0.1, 0.15) is 5.69 Å². The first-order valence-corrected chi connectivity index (χ1v) is 4.91. The number of piperazine rings is 1. The minimum atomic E-state index is -0.214. The number of aromatic nitrogens is 2. The van der Waals surface area contributed by atoms with Crippen LogP contribution in [0.25, 0.3) is 0 Å². The van der Waals surface area contributed by atoms with Crippen LogP contribution in [0.3, 0.4) is 0 Å². The Hall–Kier alpha value is -1.34. The Morgan fingerprint density at radius 3 is 2.71 bits per heavy atom. The van der Waals surface area contributed by atoms with Crippen LogP contribution in [-0.4, -0.2) is 39.4 Å². The van der Waals surface area contributed by atoms with E-state index in [1.54, 1.807) is 5.38 Å². The van der Waals surface area contributed by atoms with Crippen molar-refractivity contribution in [2.24, 2.45) is 0 Å². The smallest absolute Gasteiger partial charge is 0.243 e. The van der Waals surface area contributed by atoms with Gasteiger partial charge < -0.3 is 0 Å². The fraction of sp³-hybridized carbons (Fsp3) is 0.429. The van der Waals surface area contributed by atoms with E-state index in [4.69, 9.17) is 0 Å². The lowest BCUT2D eigenvalue weighted by Crippen LogP contribution is -2.51. The molecule has 1 N–H and O–H groups in total. The first-order chi connectivity index (χ1) is 6.77. The van der Waals surface area contributed by atoms with E-state index in [1.165, 1.54) is 16.4 Å². The molecule has 2 amide bonds. The molecular weight excluding hydrogens is 204 g/mol. The highest BCUT2D eigenvalue weighted by atomic mass is 32.1. The molecule has 0 atom stereocenters. The van der Waals surface area contributed by atoms with Crippen molar-refractivity contribution < 1.29 is 9.59 Å². The largest absolute Gasteiger partial charge is 0.300 e. The van der Waals surface area contributed by atoms with Gasteiger partial charge in [0.2, 0.25) is 11.8 Å². The highest BCUT2D eigenvalue weighted by molar-refractivity contribution is 7.03. The topological polar surface area (TPSA) is 75.2 Å². The van der Waals surface area contributed by atoms with E-state index in [2.05, 4.69) is 14.9 Å². The lowest BCUT2D eigenvalue weighted by Gasteiger charge is -2.24. The molecule has 1 aliphatic heterocycles. The van der Waals surface area contributed by atoms with Gasteiger partial charge in [-0.2, -0.15) is 0 Å². The molecule has 1 aliphatic rings. The monoisotopic (exact) mass is 212 g/mol. The molecule has 0 aromatic carbocycles. The van der Waals surface area contributed by atoms with Crippen LogP contribution in [-0.2, 0) is 16.1 Å². The third kappa shape index (κ3) is 1.78. The van der Waals surface area contributed by atoms with Crippen molar-refractivity contribution in [3.63, 3.8) is 0 Å². The van der Waals surface area contributed by atoms with Gasteiger partial charge in [-0.05, 0) is 11.5 Å². The zero-order valence-electron chi connectivity index (χ0n) is 7.27. The average Bonchev–Trinajstić information content (AvgIpc) is 2.64. The summed E-state index contributed by atoms with van der Waals surface area (Å²) in [6.45, 7) is 0.655. The van der Waals surface area contributed by atoms with Crippen molar-refractivity contribution in [3.05, 3.63) is 11.1 Å². The Morgan fingerprint density at radius 1 is 1.43 bits per heavy atom. The SMILES string of the molecule is O=C1CNCC(=O)N1Cc1csnn1. The summed E-state index contributed by atoms with van der Waals surface area (Å²) in [5.41, 5.74) is 0.651. The highest BCUT2D eigenvalue weighted by Crippen LogP contribution is 2.05. The van der Waals surface area contributed by atoms with Crippen LogP contribution in [0.15, 0.2) is 5.38 Å². The maximum absolute atomic E-state index is 11.3. The highest BCUT2D eigenvalue weighted by Gasteiger charge is 2.25. The summed E-state index contributed by atoms with van der Waals surface area (Å²) in [7, 11) is 0. The number of carbonyl (C=O) groups excluding carboxylic acids is 2. The number of carbonyl (C=O) groups is 2. The molecule has 1 saturated heterocycles. The Balaban J connectivity index is 2.08. The summed E-state index contributed by atoms with van der Waals surface area (Å²) in [4.78, 5) is 23.9. The quantitative estimate of drug-likeness (QED) is 0.636. The number of rotatable bonds is 2. The van der Waals surface area contributed by atoms with Crippen LogP contribution in [0.2, 0.25) is 0 Å². The molecule has 14 heavy (non-hydrogen) atoms. The van der Waals surface area contributed by atoms with E-state index in [0.717, 1.165) is 0 Å². The van der Waals surface area contributed by atoms with Gasteiger partial charge in [0.05, 0.1) is 25.3 Å². The van der Waals surface area contributed by atoms with Gasteiger partial charge in [-0.1, -0.05) is 4.49 Å². The van der Waals surface area contributed by atoms with Gasteiger partial charge >= 0.3 is 0 Å². The second kappa shape index (κ2) is 3.81. The van der Waals surface area contributed by atoms with E-state index in [1.807, 2.05) is 0 Å². The number of imide groups is 1. The van der Waals surface area contributed by atoms with Crippen LogP contribution < -0.4 is 5.32 Å². The van der Waals surface area contributed by atoms with Gasteiger partial charge in [-0.3, -0.25) is 19.8 Å². The molecule has 0 spiro atoms. The number of nitrogens with zero attached hydrogens (tertiary/aromatic N) is 3. The van der Waals surface area contributed by atoms with E-state index in [0.29, 0.717) is 5.69 Å². The Bertz CT molecular complexity index is 335. The number of amides is 2. The molecule has 1 aromatic heterocycles. The molecule has 0 radical (unpaired) electrons. The minimum absolute atomic E-state index is 0.212. The van der Waals surface area contributed by atoms with Gasteiger partial charge in [0.1, 0.15) is 0 Å². The average molecular weight is 212 g/mol. The van der Waals surface area contributed by atoms with Crippen LogP contribution in [0.5, 0.6) is 0 Å². The van der Waals surface area contributed by atoms with E-state index in [9.17, 15) is 9.59 Å². The molecule has 7 heteroatoms. The molecule has 2 rings (SSSR count). The lowest BCUT2D eigenvalue weighted by atomic mass is 10.3. The van der Waals surface area contributed by atoms with Gasteiger partial charge in [0.15, 0.2) is 0 Å². The summed E-state index contributed by atoms with van der Waals surface area (Å²) in [6, 6.07) is 0. The Morgan fingerprint density at radius 2 is 2.14 bits per heavy atom. The Kier molecular flexibility index (Phi) is 2.51. The molecule has 1 aromatic rings. The van der Waals surface area contributed by atoms with Crippen LogP contribution in [0.4, 0.5) is 0 Å². The molecular formula is C7H8N4O2S. The molecule has 1 fully saturated rings. The van der Waals surface area contributed by atoms with E-state index >= 15 is 0 Å². The molecule has 0 unspecified atom stereocenters. The van der Waals surface area contributed by atoms with Gasteiger partial charge in [0.25, 0.3) is 0 Å². The molecule has 0 saturated carbocycles. The van der Waals surface area contributed by atoms with Crippen LogP contribution >= 0.6 is 11.5 Å². The number of hydrogen-bond donors (Lipinski definition) is 1. The summed E-state index contributed by atoms with van der Waals surface area (Å²) in [6.07, 6.45) is 0. The molecule has 74 valence electrons. The first kappa shape index (κ1) is 9.22. The normalized spacial score (nSPS) is 17.6. The van der Waals surface area contributed by atoms with Crippen molar-refractivity contribution in [2.45, 2.75) is 6.54 Å². The predicted octanol–water partition coefficient (Wildman–Crippen LogP) is -1.00. The van der Waals surface area contributed by atoms with Crippen LogP contribution in [0, 0.1) is 0 Å². The maximum Gasteiger partial charge on any atom is 0.243 e. The summed E-state index contributed by atoms with van der Waals surface area (Å²) in [5, 5.41) is 8.23. The fourth-order valence-electron chi connectivity index (χ4n) is 1.20. The second-order valence-corrected chi connectivity index (χ2v) is 3.48. The third-order valence-corrected chi connectivity index (χ3v) is 2.43. The number of nitrogens with one attached hydrogen (secondary N) is 1. The maximum atomic E-state index is 11.3. The fourth-order valence-corrected chi connectivity index (χ4v) is 1.64. The van der Waals surface area contributed by atoms with Gasteiger partial charge in [0, 0.05) is 5.38 Å². The molecule has 6 nitrogen and oxygen atoms in total. The van der Waals surface area contributed by atoms with E-state index < -0.39 is 0 Å². The molecule has 2 heterocycles. The minimum Gasteiger partial charge on any atom is -0.300 e. The van der Waals surface area contributed by atoms with Crippen molar-refractivity contribution >= 4 is 23.3 Å². The summed E-state index contributed by atoms with van der Waals surface area (Å²) >= 11 is 1.20.